The van der Waals surface area contributed by atoms with Gasteiger partial charge in [0.15, 0.2) is 6.10 Å². The SMILES string of the molecule is CC(C)N1CC[C@@H](Oc2ccc(S(=O)(=O)c3ccccc3)cc2)C1=O. The van der Waals surface area contributed by atoms with Crippen LogP contribution >= 0.6 is 0 Å². The predicted octanol–water partition coefficient (Wildman–Crippen LogP) is 2.91. The van der Waals surface area contributed by atoms with E-state index in [1.807, 2.05) is 13.8 Å². The van der Waals surface area contributed by atoms with Gasteiger partial charge in [-0.3, -0.25) is 4.79 Å². The second-order valence-electron chi connectivity index (χ2n) is 6.31. The maximum absolute atomic E-state index is 12.6. The molecule has 2 aromatic rings. The van der Waals surface area contributed by atoms with Crippen LogP contribution in [-0.4, -0.2) is 37.9 Å². The number of benzene rings is 2. The number of rotatable bonds is 5. The third kappa shape index (κ3) is 3.54. The molecule has 0 bridgehead atoms. The first-order valence-electron chi connectivity index (χ1n) is 8.27. The number of carbonyl (C=O) groups is 1. The van der Waals surface area contributed by atoms with Crippen LogP contribution in [0.1, 0.15) is 20.3 Å². The van der Waals surface area contributed by atoms with Gasteiger partial charge in [0.25, 0.3) is 5.91 Å². The van der Waals surface area contributed by atoms with Crippen molar-refractivity contribution in [1.82, 2.24) is 4.90 Å². The maximum Gasteiger partial charge on any atom is 0.263 e. The highest BCUT2D eigenvalue weighted by molar-refractivity contribution is 7.91. The standard InChI is InChI=1S/C19H21NO4S/c1-14(2)20-13-12-18(19(20)21)24-15-8-10-17(11-9-15)25(22,23)16-6-4-3-5-7-16/h3-11,14,18H,12-13H2,1-2H3/t18-/m1/s1. The van der Waals surface area contributed by atoms with Crippen LogP contribution in [0.3, 0.4) is 0 Å². The van der Waals surface area contributed by atoms with E-state index < -0.39 is 15.9 Å². The summed E-state index contributed by atoms with van der Waals surface area (Å²) in [6.45, 7) is 4.63. The molecule has 0 aromatic heterocycles. The molecule has 1 aliphatic rings. The van der Waals surface area contributed by atoms with E-state index in [4.69, 9.17) is 4.74 Å². The highest BCUT2D eigenvalue weighted by Gasteiger charge is 2.34. The molecule has 0 unspecified atom stereocenters. The van der Waals surface area contributed by atoms with Gasteiger partial charge in [0.05, 0.1) is 9.79 Å². The number of hydrogen-bond donors (Lipinski definition) is 0. The zero-order chi connectivity index (χ0) is 18.0. The Bertz CT molecular complexity index is 845. The van der Waals surface area contributed by atoms with Crippen LogP contribution in [0.2, 0.25) is 0 Å². The molecule has 1 atom stereocenters. The Balaban J connectivity index is 1.74. The van der Waals surface area contributed by atoms with Crippen molar-refractivity contribution in [3.8, 4) is 5.75 Å². The highest BCUT2D eigenvalue weighted by Crippen LogP contribution is 2.25. The van der Waals surface area contributed by atoms with Gasteiger partial charge in [-0.1, -0.05) is 18.2 Å². The Morgan fingerprint density at radius 2 is 1.60 bits per heavy atom. The lowest BCUT2D eigenvalue weighted by molar-refractivity contribution is -0.134. The number of hydrogen-bond acceptors (Lipinski definition) is 4. The molecule has 1 saturated heterocycles. The van der Waals surface area contributed by atoms with Crippen LogP contribution in [-0.2, 0) is 14.6 Å². The molecule has 0 saturated carbocycles. The Labute approximate surface area is 148 Å². The van der Waals surface area contributed by atoms with Gasteiger partial charge in [-0.15, -0.1) is 0 Å². The van der Waals surface area contributed by atoms with Crippen molar-refractivity contribution in [2.45, 2.75) is 42.2 Å². The average Bonchev–Trinajstić information content (AvgIpc) is 2.97. The smallest absolute Gasteiger partial charge is 0.263 e. The fraction of sp³-hybridized carbons (Fsp3) is 0.316. The fourth-order valence-electron chi connectivity index (χ4n) is 2.89. The summed E-state index contributed by atoms with van der Waals surface area (Å²) in [6.07, 6.45) is 0.139. The van der Waals surface area contributed by atoms with Gasteiger partial charge in [-0.25, -0.2) is 8.42 Å². The molecule has 3 rings (SSSR count). The van der Waals surface area contributed by atoms with Gasteiger partial charge in [0.2, 0.25) is 9.84 Å². The molecular weight excluding hydrogens is 338 g/mol. The Morgan fingerprint density at radius 1 is 1.00 bits per heavy atom. The first-order chi connectivity index (χ1) is 11.9. The van der Waals surface area contributed by atoms with Gasteiger partial charge in [-0.05, 0) is 50.2 Å². The van der Waals surface area contributed by atoms with Gasteiger partial charge >= 0.3 is 0 Å². The van der Waals surface area contributed by atoms with Gasteiger partial charge < -0.3 is 9.64 Å². The van der Waals surface area contributed by atoms with E-state index in [9.17, 15) is 13.2 Å². The molecule has 0 N–H and O–H groups in total. The van der Waals surface area contributed by atoms with Gasteiger partial charge in [-0.2, -0.15) is 0 Å². The third-order valence-electron chi connectivity index (χ3n) is 4.28. The molecule has 5 nitrogen and oxygen atoms in total. The normalized spacial score (nSPS) is 18.0. The van der Waals surface area contributed by atoms with Crippen molar-refractivity contribution in [1.29, 1.82) is 0 Å². The van der Waals surface area contributed by atoms with Gasteiger partial charge in [0, 0.05) is 19.0 Å². The zero-order valence-electron chi connectivity index (χ0n) is 14.3. The van der Waals surface area contributed by atoms with Crippen LogP contribution in [0, 0.1) is 0 Å². The van der Waals surface area contributed by atoms with Crippen molar-refractivity contribution >= 4 is 15.7 Å². The lowest BCUT2D eigenvalue weighted by Gasteiger charge is -2.21. The first kappa shape index (κ1) is 17.5. The molecule has 132 valence electrons. The molecule has 6 heteroatoms. The number of sulfone groups is 1. The van der Waals surface area contributed by atoms with E-state index in [2.05, 4.69) is 0 Å². The summed E-state index contributed by atoms with van der Waals surface area (Å²) in [5, 5.41) is 0. The largest absolute Gasteiger partial charge is 0.481 e. The topological polar surface area (TPSA) is 63.7 Å². The van der Waals surface area contributed by atoms with Crippen molar-refractivity contribution in [2.24, 2.45) is 0 Å². The summed E-state index contributed by atoms with van der Waals surface area (Å²) in [5.74, 6) is 0.479. The molecule has 1 heterocycles. The van der Waals surface area contributed by atoms with E-state index >= 15 is 0 Å². The molecule has 25 heavy (non-hydrogen) atoms. The minimum atomic E-state index is -3.54. The van der Waals surface area contributed by atoms with Crippen LogP contribution < -0.4 is 4.74 Å². The maximum atomic E-state index is 12.6. The fourth-order valence-corrected chi connectivity index (χ4v) is 4.18. The lowest BCUT2D eigenvalue weighted by Crippen LogP contribution is -2.36. The molecular formula is C19H21NO4S. The monoisotopic (exact) mass is 359 g/mol. The summed E-state index contributed by atoms with van der Waals surface area (Å²) in [5.41, 5.74) is 0. The Hall–Kier alpha value is -2.34. The zero-order valence-corrected chi connectivity index (χ0v) is 15.1. The first-order valence-corrected chi connectivity index (χ1v) is 9.75. The molecule has 0 aliphatic carbocycles. The van der Waals surface area contributed by atoms with E-state index in [0.717, 1.165) is 0 Å². The van der Waals surface area contributed by atoms with Crippen molar-refractivity contribution in [2.75, 3.05) is 6.54 Å². The second kappa shape index (κ2) is 6.88. The highest BCUT2D eigenvalue weighted by atomic mass is 32.2. The van der Waals surface area contributed by atoms with Crippen molar-refractivity contribution in [3.05, 3.63) is 54.6 Å². The van der Waals surface area contributed by atoms with Crippen LogP contribution in [0.4, 0.5) is 0 Å². The van der Waals surface area contributed by atoms with E-state index in [1.54, 1.807) is 47.4 Å². The predicted molar refractivity (Wildman–Crippen MR) is 94.2 cm³/mol. The summed E-state index contributed by atoms with van der Waals surface area (Å²) in [6, 6.07) is 14.7. The minimum Gasteiger partial charge on any atom is -0.481 e. The number of nitrogens with zero attached hydrogens (tertiary/aromatic N) is 1. The van der Waals surface area contributed by atoms with Crippen LogP contribution in [0.5, 0.6) is 5.75 Å². The molecule has 0 radical (unpaired) electrons. The van der Waals surface area contributed by atoms with Crippen LogP contribution in [0.25, 0.3) is 0 Å². The van der Waals surface area contributed by atoms with Gasteiger partial charge in [0.1, 0.15) is 5.75 Å². The van der Waals surface area contributed by atoms with E-state index in [1.165, 1.54) is 12.1 Å². The van der Waals surface area contributed by atoms with Crippen molar-refractivity contribution < 1.29 is 17.9 Å². The van der Waals surface area contributed by atoms with E-state index in [0.29, 0.717) is 18.7 Å². The number of likely N-dealkylation sites (tertiary alicyclic amines) is 1. The quantitative estimate of drug-likeness (QED) is 0.823. The summed E-state index contributed by atoms with van der Waals surface area (Å²) in [7, 11) is -3.54. The third-order valence-corrected chi connectivity index (χ3v) is 6.07. The van der Waals surface area contributed by atoms with Crippen molar-refractivity contribution in [3.63, 3.8) is 0 Å². The molecule has 1 amide bonds. The number of carbonyl (C=O) groups excluding carboxylic acids is 1. The Morgan fingerprint density at radius 3 is 2.16 bits per heavy atom. The molecule has 1 aliphatic heterocycles. The Kier molecular flexibility index (Phi) is 4.81. The molecule has 1 fully saturated rings. The molecule has 0 spiro atoms. The lowest BCUT2D eigenvalue weighted by atomic mass is 10.3. The summed E-state index contributed by atoms with van der Waals surface area (Å²) >= 11 is 0. The molecule has 2 aromatic carbocycles. The minimum absolute atomic E-state index is 0.0176. The number of ether oxygens (including phenoxy) is 1. The van der Waals surface area contributed by atoms with E-state index in [-0.39, 0.29) is 21.7 Å². The van der Waals surface area contributed by atoms with Crippen LogP contribution in [0.15, 0.2) is 64.4 Å². The summed E-state index contributed by atoms with van der Waals surface area (Å²) in [4.78, 5) is 14.5. The second-order valence-corrected chi connectivity index (χ2v) is 8.26. The summed E-state index contributed by atoms with van der Waals surface area (Å²) < 4.78 is 30.9. The average molecular weight is 359 g/mol. The number of amides is 1.